The number of nitrogens with zero attached hydrogens (tertiary/aromatic N) is 2. The van der Waals surface area contributed by atoms with Crippen molar-refractivity contribution in [2.75, 3.05) is 18.1 Å². The fraction of sp³-hybridized carbons (Fsp3) is 0.667. The monoisotopic (exact) mass is 239 g/mol. The van der Waals surface area contributed by atoms with Crippen LogP contribution in [0.15, 0.2) is 11.4 Å². The van der Waals surface area contributed by atoms with Gasteiger partial charge in [0.2, 0.25) is 0 Å². The molecule has 3 nitrogen and oxygen atoms in total. The maximum absolute atomic E-state index is 4.39. The first kappa shape index (κ1) is 13.3. The van der Waals surface area contributed by atoms with E-state index in [2.05, 4.69) is 29.1 Å². The van der Waals surface area contributed by atoms with Gasteiger partial charge in [-0.05, 0) is 18.6 Å². The first-order valence-electron chi connectivity index (χ1n) is 5.97. The van der Waals surface area contributed by atoms with Crippen molar-refractivity contribution < 1.29 is 0 Å². The van der Waals surface area contributed by atoms with Gasteiger partial charge in [-0.2, -0.15) is 0 Å². The highest BCUT2D eigenvalue weighted by Crippen LogP contribution is 2.26. The Labute approximate surface area is 102 Å². The molecule has 0 atom stereocenters. The normalized spacial score (nSPS) is 10.4. The van der Waals surface area contributed by atoms with Crippen LogP contribution in [0.3, 0.4) is 0 Å². The quantitative estimate of drug-likeness (QED) is 0.450. The summed E-state index contributed by atoms with van der Waals surface area (Å²) in [5.74, 6) is 2.13. The van der Waals surface area contributed by atoms with Gasteiger partial charge in [-0.25, -0.2) is 9.97 Å². The number of hydrogen-bond acceptors (Lipinski definition) is 4. The molecule has 0 amide bonds. The summed E-state index contributed by atoms with van der Waals surface area (Å²) in [5, 5.41) is 4.29. The molecule has 0 aliphatic rings. The van der Waals surface area contributed by atoms with E-state index in [1.54, 1.807) is 6.33 Å². The molecule has 0 aliphatic heterocycles. The molecule has 1 aromatic heterocycles. The molecule has 0 saturated carbocycles. The zero-order valence-corrected chi connectivity index (χ0v) is 11.2. The summed E-state index contributed by atoms with van der Waals surface area (Å²) in [7, 11) is 1.92. The van der Waals surface area contributed by atoms with Crippen LogP contribution in [0.4, 0.5) is 5.82 Å². The largest absolute Gasteiger partial charge is 0.373 e. The van der Waals surface area contributed by atoms with E-state index in [-0.39, 0.29) is 0 Å². The Hall–Kier alpha value is -0.770. The minimum atomic E-state index is 0.982. The highest BCUT2D eigenvalue weighted by molar-refractivity contribution is 7.99. The van der Waals surface area contributed by atoms with E-state index < -0.39 is 0 Å². The third-order valence-electron chi connectivity index (χ3n) is 2.38. The molecule has 0 aromatic carbocycles. The molecule has 0 bridgehead atoms. The van der Waals surface area contributed by atoms with Gasteiger partial charge in [-0.15, -0.1) is 11.8 Å². The first-order chi connectivity index (χ1) is 7.83. The molecule has 90 valence electrons. The molecule has 1 rings (SSSR count). The Morgan fingerprint density at radius 2 is 2.06 bits per heavy atom. The van der Waals surface area contributed by atoms with Gasteiger partial charge in [0.1, 0.15) is 17.2 Å². The van der Waals surface area contributed by atoms with E-state index in [0.29, 0.717) is 0 Å². The summed E-state index contributed by atoms with van der Waals surface area (Å²) in [4.78, 5) is 8.66. The number of aromatic nitrogens is 2. The van der Waals surface area contributed by atoms with E-state index in [0.717, 1.165) is 29.4 Å². The molecule has 0 unspecified atom stereocenters. The standard InChI is InChI=1S/C12H21N3S/c1-4-6-8-16-12-10(7-5-2)11(13-3)14-9-15-12/h9H,4-8H2,1-3H3,(H,13,14,15). The van der Waals surface area contributed by atoms with Gasteiger partial charge in [0.15, 0.2) is 0 Å². The van der Waals surface area contributed by atoms with Crippen molar-refractivity contribution in [3.8, 4) is 0 Å². The Bertz CT molecular complexity index is 315. The lowest BCUT2D eigenvalue weighted by atomic mass is 10.2. The van der Waals surface area contributed by atoms with Crippen LogP contribution in [-0.4, -0.2) is 22.8 Å². The lowest BCUT2D eigenvalue weighted by Crippen LogP contribution is -2.02. The van der Waals surface area contributed by atoms with E-state index in [1.807, 2.05) is 18.8 Å². The van der Waals surface area contributed by atoms with E-state index >= 15 is 0 Å². The van der Waals surface area contributed by atoms with Crippen molar-refractivity contribution in [2.45, 2.75) is 44.6 Å². The van der Waals surface area contributed by atoms with Crippen LogP contribution in [-0.2, 0) is 6.42 Å². The van der Waals surface area contributed by atoms with Gasteiger partial charge in [0.25, 0.3) is 0 Å². The van der Waals surface area contributed by atoms with Gasteiger partial charge in [-0.3, -0.25) is 0 Å². The summed E-state index contributed by atoms with van der Waals surface area (Å²) >= 11 is 1.85. The van der Waals surface area contributed by atoms with Crippen molar-refractivity contribution in [3.05, 3.63) is 11.9 Å². The zero-order chi connectivity index (χ0) is 11.8. The summed E-state index contributed by atoms with van der Waals surface area (Å²) in [5.41, 5.74) is 1.27. The molecule has 0 radical (unpaired) electrons. The summed E-state index contributed by atoms with van der Waals surface area (Å²) in [6.07, 6.45) is 6.31. The van der Waals surface area contributed by atoms with Crippen molar-refractivity contribution in [1.82, 2.24) is 9.97 Å². The number of thioether (sulfide) groups is 1. The predicted molar refractivity (Wildman–Crippen MR) is 71.2 cm³/mol. The molecule has 0 saturated heterocycles. The molecule has 0 fully saturated rings. The Kier molecular flexibility index (Phi) is 6.23. The van der Waals surface area contributed by atoms with E-state index in [9.17, 15) is 0 Å². The zero-order valence-electron chi connectivity index (χ0n) is 10.4. The van der Waals surface area contributed by atoms with Gasteiger partial charge < -0.3 is 5.32 Å². The number of anilines is 1. The lowest BCUT2D eigenvalue weighted by Gasteiger charge is -2.11. The Balaban J connectivity index is 2.79. The highest BCUT2D eigenvalue weighted by atomic mass is 32.2. The van der Waals surface area contributed by atoms with E-state index in [1.165, 1.54) is 18.4 Å². The second-order valence-electron chi connectivity index (χ2n) is 3.71. The van der Waals surface area contributed by atoms with Crippen molar-refractivity contribution in [2.24, 2.45) is 0 Å². The molecule has 1 heterocycles. The van der Waals surface area contributed by atoms with Crippen molar-refractivity contribution in [1.29, 1.82) is 0 Å². The predicted octanol–water partition coefficient (Wildman–Crippen LogP) is 3.36. The average Bonchev–Trinajstić information content (AvgIpc) is 2.31. The maximum Gasteiger partial charge on any atom is 0.133 e. The third-order valence-corrected chi connectivity index (χ3v) is 3.50. The van der Waals surface area contributed by atoms with Crippen LogP contribution in [0.2, 0.25) is 0 Å². The van der Waals surface area contributed by atoms with Gasteiger partial charge >= 0.3 is 0 Å². The second kappa shape index (κ2) is 7.49. The van der Waals surface area contributed by atoms with Crippen LogP contribution in [0.25, 0.3) is 0 Å². The van der Waals surface area contributed by atoms with Crippen molar-refractivity contribution >= 4 is 17.6 Å². The van der Waals surface area contributed by atoms with Gasteiger partial charge in [0.05, 0.1) is 0 Å². The fourth-order valence-corrected chi connectivity index (χ4v) is 2.65. The van der Waals surface area contributed by atoms with Crippen LogP contribution in [0, 0.1) is 0 Å². The topological polar surface area (TPSA) is 37.8 Å². The number of rotatable bonds is 7. The maximum atomic E-state index is 4.39. The highest BCUT2D eigenvalue weighted by Gasteiger charge is 2.09. The molecule has 4 heteroatoms. The first-order valence-corrected chi connectivity index (χ1v) is 6.96. The van der Waals surface area contributed by atoms with Gasteiger partial charge in [-0.1, -0.05) is 26.7 Å². The van der Waals surface area contributed by atoms with Crippen LogP contribution < -0.4 is 5.32 Å². The SMILES string of the molecule is CCCCSc1ncnc(NC)c1CCC. The number of hydrogen-bond donors (Lipinski definition) is 1. The molecule has 16 heavy (non-hydrogen) atoms. The third kappa shape index (κ3) is 3.67. The number of nitrogens with one attached hydrogen (secondary N) is 1. The molecule has 0 spiro atoms. The molecular formula is C12H21N3S. The van der Waals surface area contributed by atoms with E-state index in [4.69, 9.17) is 0 Å². The Morgan fingerprint density at radius 3 is 2.69 bits per heavy atom. The van der Waals surface area contributed by atoms with Gasteiger partial charge in [0, 0.05) is 12.6 Å². The lowest BCUT2D eigenvalue weighted by molar-refractivity contribution is 0.853. The molecule has 1 aromatic rings. The smallest absolute Gasteiger partial charge is 0.133 e. The summed E-state index contributed by atoms with van der Waals surface area (Å²) in [6, 6.07) is 0. The van der Waals surface area contributed by atoms with Crippen LogP contribution >= 0.6 is 11.8 Å². The van der Waals surface area contributed by atoms with Crippen molar-refractivity contribution in [3.63, 3.8) is 0 Å². The Morgan fingerprint density at radius 1 is 1.25 bits per heavy atom. The average molecular weight is 239 g/mol. The number of unbranched alkanes of at least 4 members (excludes halogenated alkanes) is 1. The molecular weight excluding hydrogens is 218 g/mol. The minimum absolute atomic E-state index is 0.982. The van der Waals surface area contributed by atoms with Crippen LogP contribution in [0.5, 0.6) is 0 Å². The van der Waals surface area contributed by atoms with Crippen LogP contribution in [0.1, 0.15) is 38.7 Å². The summed E-state index contributed by atoms with van der Waals surface area (Å²) in [6.45, 7) is 4.40. The fourth-order valence-electron chi connectivity index (χ4n) is 1.52. The minimum Gasteiger partial charge on any atom is -0.373 e. The second-order valence-corrected chi connectivity index (χ2v) is 4.79. The summed E-state index contributed by atoms with van der Waals surface area (Å²) < 4.78 is 0. The molecule has 1 N–H and O–H groups in total. The molecule has 0 aliphatic carbocycles.